The predicted molar refractivity (Wildman–Crippen MR) is 103 cm³/mol. The van der Waals surface area contributed by atoms with Gasteiger partial charge in [0, 0.05) is 6.08 Å². The largest absolute Gasteiger partial charge is 0.493 e. The lowest BCUT2D eigenvalue weighted by molar-refractivity contribution is -0.117. The predicted octanol–water partition coefficient (Wildman–Crippen LogP) is 3.91. The van der Waals surface area contributed by atoms with Crippen molar-refractivity contribution in [1.29, 1.82) is 0 Å². The van der Waals surface area contributed by atoms with E-state index in [2.05, 4.69) is 5.32 Å². The molecular formula is C21H25NO4. The molecule has 138 valence electrons. The van der Waals surface area contributed by atoms with Crippen LogP contribution in [0.25, 0.3) is 6.08 Å². The smallest absolute Gasteiger partial charge is 0.244 e. The average Bonchev–Trinajstić information content (AvgIpc) is 2.65. The molecule has 0 aliphatic rings. The molecule has 26 heavy (non-hydrogen) atoms. The van der Waals surface area contributed by atoms with Crippen LogP contribution in [-0.4, -0.2) is 27.2 Å². The Morgan fingerprint density at radius 1 is 1.04 bits per heavy atom. The second-order valence-corrected chi connectivity index (χ2v) is 5.88. The highest BCUT2D eigenvalue weighted by molar-refractivity contribution is 5.92. The second kappa shape index (κ2) is 8.94. The third-order valence-corrected chi connectivity index (χ3v) is 4.13. The number of nitrogens with one attached hydrogen (secondary N) is 1. The van der Waals surface area contributed by atoms with Crippen LogP contribution in [0.5, 0.6) is 17.2 Å². The van der Waals surface area contributed by atoms with Crippen LogP contribution in [0.2, 0.25) is 0 Å². The van der Waals surface area contributed by atoms with Crippen LogP contribution in [0.4, 0.5) is 0 Å². The summed E-state index contributed by atoms with van der Waals surface area (Å²) >= 11 is 0. The topological polar surface area (TPSA) is 56.8 Å². The Labute approximate surface area is 154 Å². The van der Waals surface area contributed by atoms with E-state index in [1.165, 1.54) is 6.08 Å². The van der Waals surface area contributed by atoms with Crippen LogP contribution in [-0.2, 0) is 4.79 Å². The monoisotopic (exact) mass is 355 g/mol. The molecule has 0 radical (unpaired) electrons. The molecule has 2 aromatic carbocycles. The van der Waals surface area contributed by atoms with E-state index in [1.807, 2.05) is 38.1 Å². The summed E-state index contributed by atoms with van der Waals surface area (Å²) in [6.45, 7) is 4.00. The lowest BCUT2D eigenvalue weighted by Gasteiger charge is -2.15. The SMILES string of the molecule is COc1cc(/C=C/C(=O)NC(C)c2ccccc2C)cc(OC)c1OC. The van der Waals surface area contributed by atoms with Gasteiger partial charge in [-0.2, -0.15) is 0 Å². The summed E-state index contributed by atoms with van der Waals surface area (Å²) in [5.41, 5.74) is 3.02. The molecule has 1 N–H and O–H groups in total. The molecule has 0 spiro atoms. The van der Waals surface area contributed by atoms with Gasteiger partial charge in [-0.1, -0.05) is 24.3 Å². The molecule has 1 amide bonds. The summed E-state index contributed by atoms with van der Waals surface area (Å²) in [6.07, 6.45) is 3.21. The Balaban J connectivity index is 2.14. The molecule has 0 heterocycles. The number of benzene rings is 2. The van der Waals surface area contributed by atoms with E-state index in [-0.39, 0.29) is 11.9 Å². The molecule has 0 bridgehead atoms. The average molecular weight is 355 g/mol. The third-order valence-electron chi connectivity index (χ3n) is 4.13. The van der Waals surface area contributed by atoms with Crippen LogP contribution < -0.4 is 19.5 Å². The van der Waals surface area contributed by atoms with Crippen LogP contribution >= 0.6 is 0 Å². The van der Waals surface area contributed by atoms with Crippen molar-refractivity contribution in [2.24, 2.45) is 0 Å². The number of carbonyl (C=O) groups is 1. The fourth-order valence-electron chi connectivity index (χ4n) is 2.78. The first-order valence-electron chi connectivity index (χ1n) is 8.34. The Morgan fingerprint density at radius 3 is 2.19 bits per heavy atom. The summed E-state index contributed by atoms with van der Waals surface area (Å²) in [5.74, 6) is 1.43. The summed E-state index contributed by atoms with van der Waals surface area (Å²) in [7, 11) is 4.67. The van der Waals surface area contributed by atoms with Crippen LogP contribution in [0, 0.1) is 6.92 Å². The number of rotatable bonds is 7. The van der Waals surface area contributed by atoms with E-state index >= 15 is 0 Å². The van der Waals surface area contributed by atoms with Gasteiger partial charge in [0.15, 0.2) is 11.5 Å². The minimum atomic E-state index is -0.172. The quantitative estimate of drug-likeness (QED) is 0.765. The fourth-order valence-corrected chi connectivity index (χ4v) is 2.78. The van der Waals surface area contributed by atoms with Crippen molar-refractivity contribution < 1.29 is 19.0 Å². The molecule has 0 aliphatic carbocycles. The molecule has 0 saturated heterocycles. The summed E-state index contributed by atoms with van der Waals surface area (Å²) in [5, 5.41) is 2.97. The van der Waals surface area contributed by atoms with Gasteiger partial charge < -0.3 is 19.5 Å². The molecule has 5 heteroatoms. The molecule has 0 fully saturated rings. The molecule has 5 nitrogen and oxygen atoms in total. The summed E-state index contributed by atoms with van der Waals surface area (Å²) in [6, 6.07) is 11.5. The number of hydrogen-bond donors (Lipinski definition) is 1. The number of carbonyl (C=O) groups excluding carboxylic acids is 1. The Kier molecular flexibility index (Phi) is 6.67. The first kappa shape index (κ1) is 19.4. The van der Waals surface area contributed by atoms with Gasteiger partial charge in [-0.15, -0.1) is 0 Å². The maximum absolute atomic E-state index is 12.3. The highest BCUT2D eigenvalue weighted by atomic mass is 16.5. The summed E-state index contributed by atoms with van der Waals surface area (Å²) < 4.78 is 15.9. The first-order chi connectivity index (χ1) is 12.5. The molecule has 0 aromatic heterocycles. The van der Waals surface area contributed by atoms with Crippen molar-refractivity contribution in [3.05, 3.63) is 59.2 Å². The van der Waals surface area contributed by atoms with Crippen LogP contribution in [0.3, 0.4) is 0 Å². The zero-order valence-corrected chi connectivity index (χ0v) is 15.8. The maximum atomic E-state index is 12.3. The fraction of sp³-hybridized carbons (Fsp3) is 0.286. The zero-order chi connectivity index (χ0) is 19.1. The summed E-state index contributed by atoms with van der Waals surface area (Å²) in [4.78, 5) is 12.3. The third kappa shape index (κ3) is 4.57. The highest BCUT2D eigenvalue weighted by Gasteiger charge is 2.13. The molecule has 1 atom stereocenters. The first-order valence-corrected chi connectivity index (χ1v) is 8.34. The van der Waals surface area contributed by atoms with Crippen molar-refractivity contribution >= 4 is 12.0 Å². The molecular weight excluding hydrogens is 330 g/mol. The van der Waals surface area contributed by atoms with Crippen LogP contribution in [0.1, 0.15) is 29.7 Å². The van der Waals surface area contributed by atoms with Gasteiger partial charge in [0.25, 0.3) is 0 Å². The van der Waals surface area contributed by atoms with Crippen molar-refractivity contribution in [3.63, 3.8) is 0 Å². The van der Waals surface area contributed by atoms with Gasteiger partial charge in [-0.05, 0) is 48.7 Å². The van der Waals surface area contributed by atoms with Gasteiger partial charge in [0.1, 0.15) is 0 Å². The standard InChI is InChI=1S/C21H25NO4/c1-14-8-6-7-9-17(14)15(2)22-20(23)11-10-16-12-18(24-3)21(26-5)19(13-16)25-4/h6-13,15H,1-5H3,(H,22,23)/b11-10+. The second-order valence-electron chi connectivity index (χ2n) is 5.88. The number of aryl methyl sites for hydroxylation is 1. The molecule has 2 rings (SSSR count). The van der Waals surface area contributed by atoms with Crippen molar-refractivity contribution in [2.75, 3.05) is 21.3 Å². The normalized spacial score (nSPS) is 11.9. The lowest BCUT2D eigenvalue weighted by atomic mass is 10.0. The van der Waals surface area contributed by atoms with E-state index in [4.69, 9.17) is 14.2 Å². The van der Waals surface area contributed by atoms with E-state index in [1.54, 1.807) is 39.5 Å². The van der Waals surface area contributed by atoms with E-state index in [0.29, 0.717) is 17.2 Å². The molecule has 1 unspecified atom stereocenters. The number of ether oxygens (including phenoxy) is 3. The highest BCUT2D eigenvalue weighted by Crippen LogP contribution is 2.38. The molecule has 0 saturated carbocycles. The van der Waals surface area contributed by atoms with E-state index < -0.39 is 0 Å². The van der Waals surface area contributed by atoms with Gasteiger partial charge >= 0.3 is 0 Å². The van der Waals surface area contributed by atoms with E-state index in [9.17, 15) is 4.79 Å². The lowest BCUT2D eigenvalue weighted by Crippen LogP contribution is -2.25. The molecule has 0 aliphatic heterocycles. The number of hydrogen-bond acceptors (Lipinski definition) is 4. The molecule has 2 aromatic rings. The number of methoxy groups -OCH3 is 3. The van der Waals surface area contributed by atoms with E-state index in [0.717, 1.165) is 16.7 Å². The zero-order valence-electron chi connectivity index (χ0n) is 15.8. The Bertz CT molecular complexity index is 773. The van der Waals surface area contributed by atoms with Gasteiger partial charge in [-0.3, -0.25) is 4.79 Å². The Morgan fingerprint density at radius 2 is 1.65 bits per heavy atom. The minimum absolute atomic E-state index is 0.0757. The van der Waals surface area contributed by atoms with Gasteiger partial charge in [-0.25, -0.2) is 0 Å². The maximum Gasteiger partial charge on any atom is 0.244 e. The van der Waals surface area contributed by atoms with Crippen molar-refractivity contribution in [1.82, 2.24) is 5.32 Å². The van der Waals surface area contributed by atoms with Crippen LogP contribution in [0.15, 0.2) is 42.5 Å². The van der Waals surface area contributed by atoms with Crippen molar-refractivity contribution in [3.8, 4) is 17.2 Å². The minimum Gasteiger partial charge on any atom is -0.493 e. The number of amides is 1. The van der Waals surface area contributed by atoms with Crippen molar-refractivity contribution in [2.45, 2.75) is 19.9 Å². The van der Waals surface area contributed by atoms with Gasteiger partial charge in [0.05, 0.1) is 27.4 Å². The van der Waals surface area contributed by atoms with Gasteiger partial charge in [0.2, 0.25) is 11.7 Å². The Hall–Kier alpha value is -2.95.